The van der Waals surface area contributed by atoms with Gasteiger partial charge in [0.1, 0.15) is 0 Å². The summed E-state index contributed by atoms with van der Waals surface area (Å²) in [5.41, 5.74) is 6.60. The van der Waals surface area contributed by atoms with Gasteiger partial charge in [0, 0.05) is 12.4 Å². The standard InChI is InChI=1S/C29H28N4OS/c1-20-15-17-24(18-16-20)26-19-35-29(32(26)21(2)23-11-7-5-8-12-23)30-27-22(3)31(4)33(28(27)34)25-13-9-6-10-14-25/h5-19,21H,1-4H3. The number of nitrogens with zero attached hydrogens (tertiary/aromatic N) is 4. The zero-order chi connectivity index (χ0) is 24.5. The molecule has 0 N–H and O–H groups in total. The number of hydrogen-bond donors (Lipinski definition) is 0. The van der Waals surface area contributed by atoms with Gasteiger partial charge in [-0.25, -0.2) is 9.67 Å². The van der Waals surface area contributed by atoms with Crippen molar-refractivity contribution in [2.45, 2.75) is 26.8 Å². The Morgan fingerprint density at radius 3 is 2.14 bits per heavy atom. The minimum atomic E-state index is -0.125. The molecule has 0 spiro atoms. The summed E-state index contributed by atoms with van der Waals surface area (Å²) in [5.74, 6) is 0. The van der Waals surface area contributed by atoms with E-state index in [-0.39, 0.29) is 11.6 Å². The predicted octanol–water partition coefficient (Wildman–Crippen LogP) is 6.16. The van der Waals surface area contributed by atoms with Gasteiger partial charge in [-0.15, -0.1) is 11.3 Å². The minimum Gasteiger partial charge on any atom is -0.309 e. The number of benzene rings is 3. The SMILES string of the molecule is Cc1ccc(-c2csc(=Nc3c(C)n(C)n(-c4ccccc4)c3=O)n2C(C)c2ccccc2)cc1. The number of thiazole rings is 1. The molecule has 0 amide bonds. The Morgan fingerprint density at radius 2 is 1.49 bits per heavy atom. The largest absolute Gasteiger partial charge is 0.309 e. The van der Waals surface area contributed by atoms with Crippen LogP contribution in [0.25, 0.3) is 16.9 Å². The lowest BCUT2D eigenvalue weighted by atomic mass is 10.1. The predicted molar refractivity (Wildman–Crippen MR) is 144 cm³/mol. The molecule has 0 aliphatic rings. The number of rotatable bonds is 5. The molecule has 35 heavy (non-hydrogen) atoms. The van der Waals surface area contributed by atoms with Gasteiger partial charge in [-0.3, -0.25) is 9.48 Å². The zero-order valence-corrected chi connectivity index (χ0v) is 21.2. The first kappa shape index (κ1) is 22.9. The van der Waals surface area contributed by atoms with Crippen LogP contribution >= 0.6 is 11.3 Å². The highest BCUT2D eigenvalue weighted by Crippen LogP contribution is 2.28. The van der Waals surface area contributed by atoms with E-state index in [1.165, 1.54) is 11.1 Å². The topological polar surface area (TPSA) is 44.2 Å². The normalized spacial score (nSPS) is 12.7. The highest BCUT2D eigenvalue weighted by Gasteiger charge is 2.19. The van der Waals surface area contributed by atoms with Crippen LogP contribution < -0.4 is 10.4 Å². The molecule has 5 aromatic rings. The zero-order valence-electron chi connectivity index (χ0n) is 20.3. The lowest BCUT2D eigenvalue weighted by Gasteiger charge is -2.18. The van der Waals surface area contributed by atoms with E-state index in [4.69, 9.17) is 4.99 Å². The van der Waals surface area contributed by atoms with Crippen LogP contribution in [0.2, 0.25) is 0 Å². The van der Waals surface area contributed by atoms with Crippen molar-refractivity contribution in [1.29, 1.82) is 0 Å². The highest BCUT2D eigenvalue weighted by molar-refractivity contribution is 7.07. The first-order chi connectivity index (χ1) is 17.0. The summed E-state index contributed by atoms with van der Waals surface area (Å²) in [6.45, 7) is 6.22. The van der Waals surface area contributed by atoms with Gasteiger partial charge in [0.05, 0.1) is 23.1 Å². The van der Waals surface area contributed by atoms with Gasteiger partial charge in [0.25, 0.3) is 5.56 Å². The second-order valence-electron chi connectivity index (χ2n) is 8.75. The average molecular weight is 481 g/mol. The maximum atomic E-state index is 13.5. The van der Waals surface area contributed by atoms with Crippen LogP contribution in [-0.4, -0.2) is 13.9 Å². The molecule has 5 rings (SSSR count). The second kappa shape index (κ2) is 9.39. The van der Waals surface area contributed by atoms with E-state index in [2.05, 4.69) is 72.3 Å². The van der Waals surface area contributed by atoms with Gasteiger partial charge < -0.3 is 4.57 Å². The van der Waals surface area contributed by atoms with Gasteiger partial charge in [-0.05, 0) is 44.0 Å². The minimum absolute atomic E-state index is 0.0397. The molecule has 176 valence electrons. The fraction of sp³-hybridized carbons (Fsp3) is 0.172. The number of aromatic nitrogens is 3. The molecule has 6 heteroatoms. The van der Waals surface area contributed by atoms with Gasteiger partial charge in [0.15, 0.2) is 10.5 Å². The average Bonchev–Trinajstić information content (AvgIpc) is 3.39. The van der Waals surface area contributed by atoms with Gasteiger partial charge in [0.2, 0.25) is 0 Å². The highest BCUT2D eigenvalue weighted by atomic mass is 32.1. The Morgan fingerprint density at radius 1 is 0.857 bits per heavy atom. The summed E-state index contributed by atoms with van der Waals surface area (Å²) in [5, 5.41) is 2.14. The van der Waals surface area contributed by atoms with Crippen LogP contribution in [0, 0.1) is 13.8 Å². The first-order valence-electron chi connectivity index (χ1n) is 11.7. The van der Waals surface area contributed by atoms with Gasteiger partial charge in [-0.1, -0.05) is 78.4 Å². The molecule has 1 atom stereocenters. The molecule has 0 saturated carbocycles. The Balaban J connectivity index is 1.74. The summed E-state index contributed by atoms with van der Waals surface area (Å²) in [4.78, 5) is 19.3. The fourth-order valence-electron chi connectivity index (χ4n) is 4.37. The van der Waals surface area contributed by atoms with E-state index in [0.29, 0.717) is 5.69 Å². The smallest absolute Gasteiger partial charge is 0.297 e. The third-order valence-corrected chi connectivity index (χ3v) is 7.33. The van der Waals surface area contributed by atoms with E-state index in [9.17, 15) is 4.79 Å². The third kappa shape index (κ3) is 4.21. The van der Waals surface area contributed by atoms with E-state index in [1.807, 2.05) is 55.1 Å². The van der Waals surface area contributed by atoms with E-state index in [1.54, 1.807) is 16.0 Å². The van der Waals surface area contributed by atoms with Crippen molar-refractivity contribution in [1.82, 2.24) is 13.9 Å². The maximum absolute atomic E-state index is 13.5. The Bertz CT molecular complexity index is 1590. The monoisotopic (exact) mass is 480 g/mol. The second-order valence-corrected chi connectivity index (χ2v) is 9.58. The molecule has 2 aromatic heterocycles. The molecule has 0 bridgehead atoms. The van der Waals surface area contributed by atoms with Crippen molar-refractivity contribution in [3.05, 3.63) is 122 Å². The van der Waals surface area contributed by atoms with E-state index in [0.717, 1.165) is 27.4 Å². The van der Waals surface area contributed by atoms with Crippen molar-refractivity contribution < 1.29 is 0 Å². The molecule has 2 heterocycles. The Kier molecular flexibility index (Phi) is 6.14. The van der Waals surface area contributed by atoms with Crippen molar-refractivity contribution >= 4 is 17.0 Å². The summed E-state index contributed by atoms with van der Waals surface area (Å²) in [6, 6.07) is 28.7. The van der Waals surface area contributed by atoms with E-state index < -0.39 is 0 Å². The fourth-order valence-corrected chi connectivity index (χ4v) is 5.35. The van der Waals surface area contributed by atoms with E-state index >= 15 is 0 Å². The lowest BCUT2D eigenvalue weighted by molar-refractivity contribution is 0.628. The van der Waals surface area contributed by atoms with Gasteiger partial charge >= 0.3 is 0 Å². The molecule has 0 saturated heterocycles. The first-order valence-corrected chi connectivity index (χ1v) is 12.5. The molecule has 3 aromatic carbocycles. The van der Waals surface area contributed by atoms with Crippen LogP contribution in [0.3, 0.4) is 0 Å². The van der Waals surface area contributed by atoms with Crippen molar-refractivity contribution in [3.63, 3.8) is 0 Å². The molecular weight excluding hydrogens is 452 g/mol. The quantitative estimate of drug-likeness (QED) is 0.297. The number of aryl methyl sites for hydroxylation is 1. The van der Waals surface area contributed by atoms with Crippen LogP contribution in [0.15, 0.2) is 100 Å². The molecule has 5 nitrogen and oxygen atoms in total. The van der Waals surface area contributed by atoms with Crippen LogP contribution in [0.1, 0.15) is 29.8 Å². The Hall–Kier alpha value is -3.90. The number of para-hydroxylation sites is 1. The van der Waals surface area contributed by atoms with Gasteiger partial charge in [-0.2, -0.15) is 0 Å². The van der Waals surface area contributed by atoms with Crippen molar-refractivity contribution in [2.75, 3.05) is 0 Å². The summed E-state index contributed by atoms with van der Waals surface area (Å²) in [7, 11) is 1.90. The maximum Gasteiger partial charge on any atom is 0.297 e. The lowest BCUT2D eigenvalue weighted by Crippen LogP contribution is -2.22. The molecule has 0 fully saturated rings. The molecular formula is C29H28N4OS. The Labute approximate surface area is 208 Å². The van der Waals surface area contributed by atoms with Crippen LogP contribution in [0.4, 0.5) is 5.69 Å². The van der Waals surface area contributed by atoms with Crippen LogP contribution in [-0.2, 0) is 7.05 Å². The molecule has 0 aliphatic carbocycles. The third-order valence-electron chi connectivity index (χ3n) is 6.49. The summed E-state index contributed by atoms with van der Waals surface area (Å²) < 4.78 is 5.78. The molecule has 1 unspecified atom stereocenters. The number of hydrogen-bond acceptors (Lipinski definition) is 3. The summed E-state index contributed by atoms with van der Waals surface area (Å²) >= 11 is 1.56. The van der Waals surface area contributed by atoms with Crippen LogP contribution in [0.5, 0.6) is 0 Å². The van der Waals surface area contributed by atoms with Crippen molar-refractivity contribution in [3.8, 4) is 16.9 Å². The summed E-state index contributed by atoms with van der Waals surface area (Å²) in [6.07, 6.45) is 0. The molecule has 0 aliphatic heterocycles. The van der Waals surface area contributed by atoms with Crippen molar-refractivity contribution in [2.24, 2.45) is 12.0 Å². The molecule has 0 radical (unpaired) electrons.